The van der Waals surface area contributed by atoms with Crippen LogP contribution in [0.2, 0.25) is 0 Å². The normalized spacial score (nSPS) is 11.8. The van der Waals surface area contributed by atoms with E-state index in [-0.39, 0.29) is 24.0 Å². The van der Waals surface area contributed by atoms with Gasteiger partial charge in [-0.3, -0.25) is 4.79 Å². The number of halogens is 1. The molecule has 0 aromatic heterocycles. The molecule has 7 nitrogen and oxygen atoms in total. The molecule has 0 fully saturated rings. The average Bonchev–Trinajstić information content (AvgIpc) is 3.17. The van der Waals surface area contributed by atoms with Gasteiger partial charge < -0.3 is 23.8 Å². The van der Waals surface area contributed by atoms with Crippen molar-refractivity contribution in [1.82, 2.24) is 4.90 Å². The molecule has 1 amide bonds. The van der Waals surface area contributed by atoms with Crippen LogP contribution in [-0.2, 0) is 16.1 Å². The first-order valence-corrected chi connectivity index (χ1v) is 8.68. The van der Waals surface area contributed by atoms with E-state index in [1.54, 1.807) is 12.1 Å². The number of likely N-dealkylation sites (N-methyl/N-ethyl adjacent to an activating group) is 1. The number of amides is 1. The third-order valence-electron chi connectivity index (χ3n) is 4.27. The van der Waals surface area contributed by atoms with Crippen molar-refractivity contribution in [2.24, 2.45) is 0 Å². The maximum Gasteiger partial charge on any atom is 0.341 e. The number of fused-ring (bicyclic) bond motifs is 1. The zero-order valence-electron chi connectivity index (χ0n) is 15.6. The Bertz CT molecular complexity index is 885. The van der Waals surface area contributed by atoms with Crippen molar-refractivity contribution in [2.45, 2.75) is 13.5 Å². The van der Waals surface area contributed by atoms with Gasteiger partial charge in [0, 0.05) is 19.2 Å². The number of benzene rings is 2. The van der Waals surface area contributed by atoms with Crippen LogP contribution in [0.5, 0.6) is 17.2 Å². The lowest BCUT2D eigenvalue weighted by molar-refractivity contribution is -0.135. The molecule has 0 spiro atoms. The third kappa shape index (κ3) is 4.33. The maximum absolute atomic E-state index is 13.9. The molecule has 1 aliphatic heterocycles. The maximum atomic E-state index is 13.9. The van der Waals surface area contributed by atoms with E-state index >= 15 is 0 Å². The molecule has 0 N–H and O–H groups in total. The first-order chi connectivity index (χ1) is 13.5. The minimum absolute atomic E-state index is 0.174. The number of esters is 1. The molecule has 148 valence electrons. The second-order valence-electron chi connectivity index (χ2n) is 6.02. The number of hydrogen-bond acceptors (Lipinski definition) is 6. The van der Waals surface area contributed by atoms with E-state index in [9.17, 15) is 14.0 Å². The van der Waals surface area contributed by atoms with Gasteiger partial charge in [-0.15, -0.1) is 0 Å². The zero-order chi connectivity index (χ0) is 20.1. The summed E-state index contributed by atoms with van der Waals surface area (Å²) in [6.45, 7) is 2.24. The van der Waals surface area contributed by atoms with E-state index in [4.69, 9.17) is 18.9 Å². The van der Waals surface area contributed by atoms with Gasteiger partial charge in [-0.1, -0.05) is 6.07 Å². The van der Waals surface area contributed by atoms with E-state index < -0.39 is 18.4 Å². The molecule has 0 unspecified atom stereocenters. The van der Waals surface area contributed by atoms with E-state index in [2.05, 4.69) is 0 Å². The highest BCUT2D eigenvalue weighted by Gasteiger charge is 2.20. The number of methoxy groups -OCH3 is 1. The lowest BCUT2D eigenvalue weighted by atomic mass is 10.2. The Labute approximate surface area is 161 Å². The van der Waals surface area contributed by atoms with Gasteiger partial charge >= 0.3 is 5.97 Å². The highest BCUT2D eigenvalue weighted by molar-refractivity contribution is 5.91. The number of rotatable bonds is 7. The van der Waals surface area contributed by atoms with Crippen LogP contribution in [0, 0.1) is 5.82 Å². The predicted octanol–water partition coefficient (Wildman–Crippen LogP) is 2.77. The zero-order valence-corrected chi connectivity index (χ0v) is 15.6. The van der Waals surface area contributed by atoms with Crippen molar-refractivity contribution in [3.8, 4) is 17.2 Å². The summed E-state index contributed by atoms with van der Waals surface area (Å²) < 4.78 is 34.4. The van der Waals surface area contributed by atoms with E-state index in [1.807, 2.05) is 13.0 Å². The van der Waals surface area contributed by atoms with Gasteiger partial charge in [0.25, 0.3) is 5.91 Å². The van der Waals surface area contributed by atoms with Crippen LogP contribution in [0.3, 0.4) is 0 Å². The van der Waals surface area contributed by atoms with Gasteiger partial charge in [0.15, 0.2) is 18.1 Å². The third-order valence-corrected chi connectivity index (χ3v) is 4.27. The molecule has 0 radical (unpaired) electrons. The highest BCUT2D eigenvalue weighted by atomic mass is 19.1. The Morgan fingerprint density at radius 3 is 2.64 bits per heavy atom. The molecule has 1 heterocycles. The summed E-state index contributed by atoms with van der Waals surface area (Å²) in [7, 11) is 1.39. The van der Waals surface area contributed by atoms with Crippen molar-refractivity contribution < 1.29 is 32.9 Å². The fourth-order valence-corrected chi connectivity index (χ4v) is 2.72. The molecule has 0 aliphatic carbocycles. The first kappa shape index (κ1) is 19.5. The molecule has 0 saturated heterocycles. The molecule has 0 saturated carbocycles. The van der Waals surface area contributed by atoms with Gasteiger partial charge in [0.1, 0.15) is 11.6 Å². The molecule has 28 heavy (non-hydrogen) atoms. The Kier molecular flexibility index (Phi) is 5.98. The van der Waals surface area contributed by atoms with Crippen molar-refractivity contribution >= 4 is 11.9 Å². The standard InChI is InChI=1S/C20H20FNO6/c1-3-22(10-13-4-7-17-18(8-13)28-12-27-17)19(23)11-26-20(24)15-6-5-14(25-2)9-16(15)21/h4-9H,3,10-12H2,1-2H3. The number of carbonyl (C=O) groups excluding carboxylic acids is 2. The fourth-order valence-electron chi connectivity index (χ4n) is 2.72. The van der Waals surface area contributed by atoms with E-state index in [1.165, 1.54) is 24.1 Å². The van der Waals surface area contributed by atoms with Crippen LogP contribution in [0.4, 0.5) is 4.39 Å². The number of carbonyl (C=O) groups is 2. The SMILES string of the molecule is CCN(Cc1ccc2c(c1)OCO2)C(=O)COC(=O)c1ccc(OC)cc1F. The molecule has 3 rings (SSSR count). The van der Waals surface area contributed by atoms with Crippen molar-refractivity contribution in [3.05, 3.63) is 53.3 Å². The smallest absolute Gasteiger partial charge is 0.341 e. The lowest BCUT2D eigenvalue weighted by Crippen LogP contribution is -2.34. The summed E-state index contributed by atoms with van der Waals surface area (Å²) in [5, 5.41) is 0. The number of hydrogen-bond donors (Lipinski definition) is 0. The van der Waals surface area contributed by atoms with Crippen molar-refractivity contribution in [3.63, 3.8) is 0 Å². The fraction of sp³-hybridized carbons (Fsp3) is 0.300. The summed E-state index contributed by atoms with van der Waals surface area (Å²) in [4.78, 5) is 26.0. The Morgan fingerprint density at radius 1 is 1.14 bits per heavy atom. The second kappa shape index (κ2) is 8.60. The van der Waals surface area contributed by atoms with Crippen molar-refractivity contribution in [1.29, 1.82) is 0 Å². The molecule has 0 atom stereocenters. The van der Waals surface area contributed by atoms with E-state index in [0.29, 0.717) is 24.6 Å². The summed E-state index contributed by atoms with van der Waals surface area (Å²) >= 11 is 0. The first-order valence-electron chi connectivity index (χ1n) is 8.68. The summed E-state index contributed by atoms with van der Waals surface area (Å²) in [5.74, 6) is -0.499. The van der Waals surface area contributed by atoms with Gasteiger partial charge in [0.05, 0.1) is 12.7 Å². The second-order valence-corrected chi connectivity index (χ2v) is 6.02. The average molecular weight is 389 g/mol. The lowest BCUT2D eigenvalue weighted by Gasteiger charge is -2.21. The summed E-state index contributed by atoms with van der Waals surface area (Å²) in [6, 6.07) is 9.20. The molecule has 2 aromatic carbocycles. The van der Waals surface area contributed by atoms with Crippen LogP contribution in [0.1, 0.15) is 22.8 Å². The molecule has 0 bridgehead atoms. The van der Waals surface area contributed by atoms with Crippen LogP contribution in [0.15, 0.2) is 36.4 Å². The van der Waals surface area contributed by atoms with E-state index in [0.717, 1.165) is 11.6 Å². The highest BCUT2D eigenvalue weighted by Crippen LogP contribution is 2.32. The summed E-state index contributed by atoms with van der Waals surface area (Å²) in [6.07, 6.45) is 0. The summed E-state index contributed by atoms with van der Waals surface area (Å²) in [5.41, 5.74) is 0.597. The molecular weight excluding hydrogens is 369 g/mol. The molecule has 8 heteroatoms. The molecule has 2 aromatic rings. The number of ether oxygens (including phenoxy) is 4. The minimum Gasteiger partial charge on any atom is -0.497 e. The monoisotopic (exact) mass is 389 g/mol. The van der Waals surface area contributed by atoms with Gasteiger partial charge in [0.2, 0.25) is 6.79 Å². The van der Waals surface area contributed by atoms with Crippen LogP contribution >= 0.6 is 0 Å². The Balaban J connectivity index is 1.58. The quantitative estimate of drug-likeness (QED) is 0.678. The van der Waals surface area contributed by atoms with Gasteiger partial charge in [-0.25, -0.2) is 9.18 Å². The Morgan fingerprint density at radius 2 is 1.93 bits per heavy atom. The predicted molar refractivity (Wildman–Crippen MR) is 96.9 cm³/mol. The van der Waals surface area contributed by atoms with Gasteiger partial charge in [-0.2, -0.15) is 0 Å². The minimum atomic E-state index is -0.910. The van der Waals surface area contributed by atoms with Crippen LogP contribution < -0.4 is 14.2 Å². The Hall–Kier alpha value is -3.29. The number of nitrogens with zero attached hydrogens (tertiary/aromatic N) is 1. The van der Waals surface area contributed by atoms with Crippen LogP contribution in [-0.4, -0.2) is 43.8 Å². The largest absolute Gasteiger partial charge is 0.497 e. The van der Waals surface area contributed by atoms with Crippen LogP contribution in [0.25, 0.3) is 0 Å². The van der Waals surface area contributed by atoms with Crippen molar-refractivity contribution in [2.75, 3.05) is 27.1 Å². The molecule has 1 aliphatic rings. The molecular formula is C20H20FNO6. The topological polar surface area (TPSA) is 74.3 Å². The van der Waals surface area contributed by atoms with Gasteiger partial charge in [-0.05, 0) is 36.8 Å².